The molecule has 4 aromatic rings. The van der Waals surface area contributed by atoms with Gasteiger partial charge in [0.2, 0.25) is 5.91 Å². The normalized spacial score (nSPS) is 16.8. The first-order valence-corrected chi connectivity index (χ1v) is 12.7. The van der Waals surface area contributed by atoms with Gasteiger partial charge in [-0.15, -0.1) is 0 Å². The highest BCUT2D eigenvalue weighted by Gasteiger charge is 2.35. The number of hydrogen-bond donors (Lipinski definition) is 0. The summed E-state index contributed by atoms with van der Waals surface area (Å²) in [7, 11) is 0. The molecule has 0 N–H and O–H groups in total. The summed E-state index contributed by atoms with van der Waals surface area (Å²) in [5.41, 5.74) is 2.76. The van der Waals surface area contributed by atoms with Crippen LogP contribution in [-0.4, -0.2) is 48.4 Å². The first-order chi connectivity index (χ1) is 18.2. The van der Waals surface area contributed by atoms with Crippen LogP contribution in [0.2, 0.25) is 0 Å². The lowest BCUT2D eigenvalue weighted by molar-refractivity contribution is -0.117. The monoisotopic (exact) mass is 499 g/mol. The van der Waals surface area contributed by atoms with Gasteiger partial charge in [0.25, 0.3) is 0 Å². The van der Waals surface area contributed by atoms with Crippen LogP contribution in [0, 0.1) is 0 Å². The Balaban J connectivity index is 1.24. The number of para-hydroxylation sites is 4. The lowest BCUT2D eigenvalue weighted by Crippen LogP contribution is -2.25. The van der Waals surface area contributed by atoms with Gasteiger partial charge in [0.1, 0.15) is 25.6 Å². The van der Waals surface area contributed by atoms with Crippen molar-refractivity contribution in [1.82, 2.24) is 9.55 Å². The van der Waals surface area contributed by atoms with Crippen LogP contribution in [-0.2, 0) is 11.3 Å². The van der Waals surface area contributed by atoms with Crippen LogP contribution < -0.4 is 23.8 Å². The highest BCUT2D eigenvalue weighted by atomic mass is 16.6. The maximum Gasteiger partial charge on any atom is 0.227 e. The Kier molecular flexibility index (Phi) is 6.30. The number of rotatable bonds is 8. The lowest BCUT2D eigenvalue weighted by Gasteiger charge is -2.22. The molecule has 1 atom stereocenters. The molecule has 0 saturated carbocycles. The average Bonchev–Trinajstić information content (AvgIpc) is 3.50. The van der Waals surface area contributed by atoms with E-state index in [0.717, 1.165) is 34.0 Å². The fraction of sp³-hybridized carbons (Fsp3) is 0.310. The van der Waals surface area contributed by atoms with Gasteiger partial charge in [-0.1, -0.05) is 24.3 Å². The third-order valence-electron chi connectivity index (χ3n) is 6.73. The van der Waals surface area contributed by atoms with Crippen molar-refractivity contribution in [3.63, 3.8) is 0 Å². The van der Waals surface area contributed by atoms with E-state index in [-0.39, 0.29) is 11.8 Å². The third kappa shape index (κ3) is 4.55. The second-order valence-corrected chi connectivity index (χ2v) is 9.07. The van der Waals surface area contributed by atoms with Crippen LogP contribution in [0.1, 0.15) is 25.1 Å². The molecule has 3 heterocycles. The van der Waals surface area contributed by atoms with E-state index in [1.165, 1.54) is 0 Å². The fourth-order valence-corrected chi connectivity index (χ4v) is 5.06. The molecular weight excluding hydrogens is 470 g/mol. The van der Waals surface area contributed by atoms with Crippen LogP contribution >= 0.6 is 0 Å². The molecular formula is C29H29N3O5. The number of amides is 1. The van der Waals surface area contributed by atoms with Crippen molar-refractivity contribution >= 4 is 22.6 Å². The Hall–Kier alpha value is -4.20. The number of ether oxygens (including phenoxy) is 4. The molecule has 2 aliphatic rings. The molecule has 1 saturated heterocycles. The van der Waals surface area contributed by atoms with Gasteiger partial charge in [-0.05, 0) is 43.3 Å². The van der Waals surface area contributed by atoms with Crippen molar-refractivity contribution in [3.05, 3.63) is 72.6 Å². The van der Waals surface area contributed by atoms with E-state index in [4.69, 9.17) is 23.9 Å². The first kappa shape index (κ1) is 23.2. The quantitative estimate of drug-likeness (QED) is 0.347. The second-order valence-electron chi connectivity index (χ2n) is 9.07. The molecule has 0 aliphatic carbocycles. The molecule has 190 valence electrons. The van der Waals surface area contributed by atoms with E-state index >= 15 is 0 Å². The van der Waals surface area contributed by atoms with Gasteiger partial charge in [-0.25, -0.2) is 4.98 Å². The molecule has 0 radical (unpaired) electrons. The number of nitrogens with zero attached hydrogens (tertiary/aromatic N) is 3. The molecule has 0 spiro atoms. The van der Waals surface area contributed by atoms with Gasteiger partial charge in [0, 0.05) is 30.6 Å². The molecule has 1 unspecified atom stereocenters. The summed E-state index contributed by atoms with van der Waals surface area (Å²) in [6.07, 6.45) is 0.395. The van der Waals surface area contributed by atoms with Crippen molar-refractivity contribution in [3.8, 4) is 23.0 Å². The molecule has 1 aromatic heterocycles. The van der Waals surface area contributed by atoms with E-state index in [1.807, 2.05) is 72.5 Å². The molecule has 3 aromatic carbocycles. The predicted octanol–water partition coefficient (Wildman–Crippen LogP) is 4.81. The SMILES string of the molecule is CCOc1ccccc1OCCn1c(C2CC(=O)N(c3ccc4c(c3)OCCO4)C2)nc2ccccc21. The predicted molar refractivity (Wildman–Crippen MR) is 140 cm³/mol. The van der Waals surface area contributed by atoms with Crippen LogP contribution in [0.3, 0.4) is 0 Å². The second kappa shape index (κ2) is 10.0. The highest BCUT2D eigenvalue weighted by molar-refractivity contribution is 5.97. The van der Waals surface area contributed by atoms with Crippen LogP contribution in [0.25, 0.3) is 11.0 Å². The van der Waals surface area contributed by atoms with E-state index in [9.17, 15) is 4.79 Å². The van der Waals surface area contributed by atoms with Gasteiger partial charge in [0.15, 0.2) is 23.0 Å². The Morgan fingerprint density at radius 3 is 2.54 bits per heavy atom. The summed E-state index contributed by atoms with van der Waals surface area (Å²) in [4.78, 5) is 19.9. The number of fused-ring (bicyclic) bond motifs is 2. The molecule has 8 heteroatoms. The van der Waals surface area contributed by atoms with Crippen LogP contribution in [0.4, 0.5) is 5.69 Å². The molecule has 1 fully saturated rings. The van der Waals surface area contributed by atoms with Crippen molar-refractivity contribution in [2.45, 2.75) is 25.8 Å². The number of carbonyl (C=O) groups is 1. The zero-order valence-electron chi connectivity index (χ0n) is 20.8. The molecule has 8 nitrogen and oxygen atoms in total. The summed E-state index contributed by atoms with van der Waals surface area (Å²) < 4.78 is 25.4. The number of imidazole rings is 1. The van der Waals surface area contributed by atoms with E-state index in [0.29, 0.717) is 57.4 Å². The Morgan fingerprint density at radius 2 is 1.70 bits per heavy atom. The largest absolute Gasteiger partial charge is 0.490 e. The van der Waals surface area contributed by atoms with Gasteiger partial charge < -0.3 is 28.4 Å². The van der Waals surface area contributed by atoms with Gasteiger partial charge in [0.05, 0.1) is 24.2 Å². The topological polar surface area (TPSA) is 75.1 Å². The minimum absolute atomic E-state index is 0.0381. The highest BCUT2D eigenvalue weighted by Crippen LogP contribution is 2.38. The summed E-state index contributed by atoms with van der Waals surface area (Å²) in [5, 5.41) is 0. The Morgan fingerprint density at radius 1 is 0.946 bits per heavy atom. The van der Waals surface area contributed by atoms with Crippen molar-refractivity contribution in [2.24, 2.45) is 0 Å². The van der Waals surface area contributed by atoms with E-state index in [2.05, 4.69) is 10.6 Å². The fourth-order valence-electron chi connectivity index (χ4n) is 5.06. The summed E-state index contributed by atoms with van der Waals surface area (Å²) in [6, 6.07) is 21.4. The van der Waals surface area contributed by atoms with Crippen molar-refractivity contribution in [1.29, 1.82) is 0 Å². The summed E-state index contributed by atoms with van der Waals surface area (Å²) in [6.45, 7) is 5.18. The van der Waals surface area contributed by atoms with Gasteiger partial charge in [-0.2, -0.15) is 0 Å². The average molecular weight is 500 g/mol. The van der Waals surface area contributed by atoms with E-state index < -0.39 is 0 Å². The summed E-state index contributed by atoms with van der Waals surface area (Å²) >= 11 is 0. The van der Waals surface area contributed by atoms with E-state index in [1.54, 1.807) is 0 Å². The number of aromatic nitrogens is 2. The standard InChI is InChI=1S/C29H29N3O5/c1-2-34-24-9-5-6-10-25(24)35-14-13-31-23-8-4-3-7-22(23)30-29(31)20-17-28(33)32(19-20)21-11-12-26-27(18-21)37-16-15-36-26/h3-12,18,20H,2,13-17,19H2,1H3. The lowest BCUT2D eigenvalue weighted by atomic mass is 10.1. The maximum atomic E-state index is 13.1. The zero-order valence-corrected chi connectivity index (χ0v) is 20.8. The number of benzene rings is 3. The third-order valence-corrected chi connectivity index (χ3v) is 6.73. The maximum absolute atomic E-state index is 13.1. The molecule has 1 amide bonds. The zero-order chi connectivity index (χ0) is 25.2. The van der Waals surface area contributed by atoms with Gasteiger partial charge in [-0.3, -0.25) is 4.79 Å². The molecule has 37 heavy (non-hydrogen) atoms. The number of anilines is 1. The minimum Gasteiger partial charge on any atom is -0.490 e. The minimum atomic E-state index is -0.0381. The van der Waals surface area contributed by atoms with Crippen LogP contribution in [0.5, 0.6) is 23.0 Å². The Labute approximate surface area is 215 Å². The van der Waals surface area contributed by atoms with Crippen molar-refractivity contribution in [2.75, 3.05) is 37.9 Å². The molecule has 2 aliphatic heterocycles. The molecule has 6 rings (SSSR count). The number of carbonyl (C=O) groups excluding carboxylic acids is 1. The van der Waals surface area contributed by atoms with Gasteiger partial charge >= 0.3 is 0 Å². The van der Waals surface area contributed by atoms with Crippen LogP contribution in [0.15, 0.2) is 66.7 Å². The summed E-state index contributed by atoms with van der Waals surface area (Å²) in [5.74, 6) is 3.78. The smallest absolute Gasteiger partial charge is 0.227 e. The first-order valence-electron chi connectivity index (χ1n) is 12.7. The number of hydrogen-bond acceptors (Lipinski definition) is 6. The molecule has 0 bridgehead atoms. The Bertz CT molecular complexity index is 1430. The van der Waals surface area contributed by atoms with Crippen molar-refractivity contribution < 1.29 is 23.7 Å².